The minimum Gasteiger partial charge on any atom is -0.375 e. The van der Waals surface area contributed by atoms with Gasteiger partial charge in [-0.05, 0) is 130 Å². The maximum Gasteiger partial charge on any atom is 0.329 e. The maximum absolute atomic E-state index is 14.3. The zero-order valence-electron chi connectivity index (χ0n) is 42.3. The van der Waals surface area contributed by atoms with E-state index in [2.05, 4.69) is 55.0 Å². The number of nitrogens with one attached hydrogen (secondary N) is 4. The topological polar surface area (TPSA) is 177 Å². The van der Waals surface area contributed by atoms with E-state index in [9.17, 15) is 38.0 Å². The highest BCUT2D eigenvalue weighted by Gasteiger charge is 2.44. The van der Waals surface area contributed by atoms with Crippen molar-refractivity contribution in [2.75, 3.05) is 69.1 Å². The number of aryl methyl sites for hydroxylation is 2. The van der Waals surface area contributed by atoms with Crippen LogP contribution in [0, 0.1) is 47.3 Å². The second kappa shape index (κ2) is 20.7. The monoisotopic (exact) mass is 1010 g/mol. The molecule has 4 amide bonds. The molecule has 0 radical (unpaired) electrons. The highest BCUT2D eigenvalue weighted by molar-refractivity contribution is 6.00. The lowest BCUT2D eigenvalue weighted by molar-refractivity contribution is -0.138. The summed E-state index contributed by atoms with van der Waals surface area (Å²) in [5, 5.41) is 23.7. The van der Waals surface area contributed by atoms with E-state index in [4.69, 9.17) is 0 Å². The Balaban J connectivity index is 0.699. The van der Waals surface area contributed by atoms with Crippen molar-refractivity contribution in [3.63, 3.8) is 0 Å². The molecule has 5 aromatic rings. The number of imide groups is 1. The van der Waals surface area contributed by atoms with E-state index in [-0.39, 0.29) is 67.2 Å². The second-order valence-electron chi connectivity index (χ2n) is 21.2. The fourth-order valence-electron chi connectivity index (χ4n) is 11.9. The SMILES string of the molecule is Cc1ccc(N[C@@H]2CNCC2(F)F)cc1C(=O)N[C@H](C)c1ccc(C#CC2CCN(CC3(C#N)CCN(C(=O)C4CCN(c5ccc6c(c5)n(C)c(=O)n6C5CCC(=O)NC5=O)CC4)CC3)CC2)c2ccccc12. The van der Waals surface area contributed by atoms with Crippen LogP contribution >= 0.6 is 0 Å². The lowest BCUT2D eigenvalue weighted by Gasteiger charge is -2.43. The number of carbonyl (C=O) groups excluding carboxylic acids is 4. The number of aromatic nitrogens is 2. The number of piperidine rings is 4. The van der Waals surface area contributed by atoms with Crippen LogP contribution in [0.15, 0.2) is 77.6 Å². The predicted octanol–water partition coefficient (Wildman–Crippen LogP) is 6.40. The molecule has 3 atom stereocenters. The van der Waals surface area contributed by atoms with Crippen molar-refractivity contribution in [2.45, 2.75) is 89.3 Å². The first kappa shape index (κ1) is 50.5. The van der Waals surface area contributed by atoms with Gasteiger partial charge in [-0.15, -0.1) is 0 Å². The number of carbonyl (C=O) groups is 4. The van der Waals surface area contributed by atoms with Crippen LogP contribution in [-0.2, 0) is 21.4 Å². The summed E-state index contributed by atoms with van der Waals surface area (Å²) in [5.74, 6) is 3.36. The third kappa shape index (κ3) is 10.1. The van der Waals surface area contributed by atoms with Gasteiger partial charge in [-0.2, -0.15) is 5.26 Å². The number of nitriles is 1. The van der Waals surface area contributed by atoms with E-state index in [0.717, 1.165) is 59.1 Å². The molecule has 4 aromatic carbocycles. The average Bonchev–Trinajstić information content (AvgIpc) is 3.87. The number of anilines is 2. The van der Waals surface area contributed by atoms with Gasteiger partial charge >= 0.3 is 5.69 Å². The zero-order valence-corrected chi connectivity index (χ0v) is 42.3. The van der Waals surface area contributed by atoms with Gasteiger partial charge in [0.05, 0.1) is 35.1 Å². The molecule has 0 aliphatic carbocycles. The molecule has 5 fully saturated rings. The number of halogens is 2. The van der Waals surface area contributed by atoms with E-state index >= 15 is 0 Å². The summed E-state index contributed by atoms with van der Waals surface area (Å²) in [6.07, 6.45) is 4.94. The molecule has 4 N–H and O–H groups in total. The van der Waals surface area contributed by atoms with Gasteiger partial charge in [0.1, 0.15) is 12.1 Å². The van der Waals surface area contributed by atoms with Gasteiger partial charge in [0.25, 0.3) is 11.8 Å². The van der Waals surface area contributed by atoms with Crippen molar-refractivity contribution in [3.05, 3.63) is 106 Å². The van der Waals surface area contributed by atoms with Crippen molar-refractivity contribution in [1.82, 2.24) is 34.9 Å². The first-order valence-electron chi connectivity index (χ1n) is 26.1. The van der Waals surface area contributed by atoms with Crippen LogP contribution in [0.1, 0.15) is 97.4 Å². The largest absolute Gasteiger partial charge is 0.375 e. The Morgan fingerprint density at radius 1 is 0.878 bits per heavy atom. The molecule has 17 heteroatoms. The molecule has 6 heterocycles. The number of amides is 4. The fourth-order valence-corrected chi connectivity index (χ4v) is 11.9. The Bertz CT molecular complexity index is 3180. The van der Waals surface area contributed by atoms with E-state index < -0.39 is 29.3 Å². The Morgan fingerprint density at radius 2 is 1.62 bits per heavy atom. The number of benzene rings is 4. The van der Waals surface area contributed by atoms with Crippen LogP contribution in [-0.4, -0.2) is 113 Å². The van der Waals surface area contributed by atoms with Gasteiger partial charge in [0, 0.05) is 87.1 Å². The number of imidazole rings is 1. The van der Waals surface area contributed by atoms with E-state index in [1.807, 2.05) is 67.3 Å². The van der Waals surface area contributed by atoms with Crippen molar-refractivity contribution >= 4 is 56.8 Å². The van der Waals surface area contributed by atoms with E-state index in [1.165, 1.54) is 4.57 Å². The van der Waals surface area contributed by atoms with Gasteiger partial charge < -0.3 is 30.7 Å². The Kier molecular flexibility index (Phi) is 14.1. The first-order chi connectivity index (χ1) is 35.6. The summed E-state index contributed by atoms with van der Waals surface area (Å²) < 4.78 is 31.7. The van der Waals surface area contributed by atoms with E-state index in [1.54, 1.807) is 29.8 Å². The van der Waals surface area contributed by atoms with Crippen molar-refractivity contribution < 1.29 is 28.0 Å². The van der Waals surface area contributed by atoms with Gasteiger partial charge in [-0.1, -0.05) is 48.2 Å². The van der Waals surface area contributed by atoms with Gasteiger partial charge in [-0.25, -0.2) is 13.6 Å². The molecule has 10 rings (SSSR count). The van der Waals surface area contributed by atoms with Crippen molar-refractivity contribution in [2.24, 2.45) is 24.3 Å². The fraction of sp³-hybridized carbons (Fsp3) is 0.474. The number of hydrogen-bond donors (Lipinski definition) is 4. The molecule has 1 aromatic heterocycles. The van der Waals surface area contributed by atoms with Crippen LogP contribution in [0.25, 0.3) is 21.8 Å². The number of rotatable bonds is 10. The quantitative estimate of drug-likeness (QED) is 0.0905. The molecular formula is C57H64F2N10O5. The molecular weight excluding hydrogens is 943 g/mol. The normalized spacial score (nSPS) is 21.9. The molecule has 5 aliphatic rings. The maximum atomic E-state index is 14.3. The first-order valence-corrected chi connectivity index (χ1v) is 26.1. The Hall–Kier alpha value is -7.08. The van der Waals surface area contributed by atoms with E-state index in [0.29, 0.717) is 80.7 Å². The van der Waals surface area contributed by atoms with Gasteiger partial charge in [0.2, 0.25) is 17.7 Å². The van der Waals surface area contributed by atoms with Gasteiger partial charge in [0.15, 0.2) is 0 Å². The average molecular weight is 1010 g/mol. The summed E-state index contributed by atoms with van der Waals surface area (Å²) in [7, 11) is 1.69. The van der Waals surface area contributed by atoms with Crippen LogP contribution in [0.2, 0.25) is 0 Å². The minimum atomic E-state index is -2.89. The number of hydrogen-bond acceptors (Lipinski definition) is 10. The number of likely N-dealkylation sites (tertiary alicyclic amines) is 2. The number of alkyl halides is 2. The molecule has 5 saturated heterocycles. The molecule has 0 saturated carbocycles. The molecule has 0 spiro atoms. The predicted molar refractivity (Wildman–Crippen MR) is 280 cm³/mol. The minimum absolute atomic E-state index is 0.0965. The second-order valence-corrected chi connectivity index (χ2v) is 21.2. The zero-order chi connectivity index (χ0) is 51.9. The van der Waals surface area contributed by atoms with Crippen molar-refractivity contribution in [1.29, 1.82) is 5.26 Å². The highest BCUT2D eigenvalue weighted by Crippen LogP contribution is 2.36. The molecule has 74 heavy (non-hydrogen) atoms. The third-order valence-corrected chi connectivity index (χ3v) is 16.4. The highest BCUT2D eigenvalue weighted by atomic mass is 19.3. The van der Waals surface area contributed by atoms with Crippen LogP contribution < -0.4 is 31.9 Å². The summed E-state index contributed by atoms with van der Waals surface area (Å²) >= 11 is 0. The van der Waals surface area contributed by atoms with Crippen LogP contribution in [0.4, 0.5) is 20.2 Å². The summed E-state index contributed by atoms with van der Waals surface area (Å²) in [4.78, 5) is 71.9. The third-order valence-electron chi connectivity index (χ3n) is 16.4. The van der Waals surface area contributed by atoms with Crippen LogP contribution in [0.5, 0.6) is 0 Å². The van der Waals surface area contributed by atoms with Crippen molar-refractivity contribution in [3.8, 4) is 17.9 Å². The van der Waals surface area contributed by atoms with Gasteiger partial charge in [-0.3, -0.25) is 33.6 Å². The smallest absolute Gasteiger partial charge is 0.329 e. The lowest BCUT2D eigenvalue weighted by atomic mass is 9.78. The molecule has 0 bridgehead atoms. The summed E-state index contributed by atoms with van der Waals surface area (Å²) in [6.45, 7) is 8.41. The molecule has 386 valence electrons. The lowest BCUT2D eigenvalue weighted by Crippen LogP contribution is -2.50. The number of nitrogens with zero attached hydrogens (tertiary/aromatic N) is 6. The molecule has 5 aliphatic heterocycles. The molecule has 1 unspecified atom stereocenters. The van der Waals surface area contributed by atoms with Crippen LogP contribution in [0.3, 0.4) is 0 Å². The molecule has 15 nitrogen and oxygen atoms in total. The standard InChI is InChI=1S/C57H64F2N10O5/c1-36-8-12-41(63-50-32-61-34-57(50,58)59)30-46(36)52(71)62-37(2)43-14-11-39(44-6-4-5-7-45(43)44)10-9-38-18-24-66(25-19-38)35-56(33-60)22-28-68(29-23-56)54(73)40-20-26-67(27-21-40)42-13-15-47-49(31-42)65(3)55(74)69(47)48-16-17-51(70)64-53(48)72/h4-8,11-15,30-31,37-38,40,48,50,61,63H,16-29,32,34-35H2,1-3H3,(H,62,71)(H,64,70,72)/t37-,48?,50-/m1/s1. The Labute approximate surface area is 429 Å². The summed E-state index contributed by atoms with van der Waals surface area (Å²) in [6, 6.07) is 23.6. The number of fused-ring (bicyclic) bond motifs is 2. The summed E-state index contributed by atoms with van der Waals surface area (Å²) in [5.41, 5.74) is 4.98. The Morgan fingerprint density at radius 3 is 2.32 bits per heavy atom.